The summed E-state index contributed by atoms with van der Waals surface area (Å²) in [7, 11) is 0. The molecule has 0 saturated heterocycles. The Labute approximate surface area is 97.5 Å². The molecule has 3 N–H and O–H groups in total. The van der Waals surface area contributed by atoms with Gasteiger partial charge in [0.25, 0.3) is 0 Å². The molecule has 3 nitrogen and oxygen atoms in total. The van der Waals surface area contributed by atoms with Gasteiger partial charge in [0.15, 0.2) is 0 Å². The molecule has 0 aliphatic heterocycles. The molecule has 0 amide bonds. The number of anilines is 1. The maximum absolute atomic E-state index is 5.70. The maximum atomic E-state index is 5.70. The fourth-order valence-electron chi connectivity index (χ4n) is 2.39. The van der Waals surface area contributed by atoms with E-state index < -0.39 is 0 Å². The van der Waals surface area contributed by atoms with Crippen molar-refractivity contribution in [2.24, 2.45) is 5.92 Å². The first kappa shape index (κ1) is 11.4. The lowest BCUT2D eigenvalue weighted by Gasteiger charge is -2.34. The van der Waals surface area contributed by atoms with Crippen LogP contribution in [0.5, 0.6) is 0 Å². The Hall–Kier alpha value is -1.09. The smallest absolute Gasteiger partial charge is 0.123 e. The van der Waals surface area contributed by atoms with Gasteiger partial charge in [-0.25, -0.2) is 4.98 Å². The number of aromatic nitrogens is 1. The van der Waals surface area contributed by atoms with Crippen LogP contribution in [0.4, 0.5) is 5.82 Å². The van der Waals surface area contributed by atoms with E-state index in [9.17, 15) is 0 Å². The molecule has 1 aliphatic rings. The first-order valence-electron chi connectivity index (χ1n) is 6.23. The Morgan fingerprint density at radius 1 is 1.56 bits per heavy atom. The number of likely N-dealkylation sites (N-methyl/N-ethyl adjacent to an activating group) is 1. The third-order valence-electron chi connectivity index (χ3n) is 3.49. The van der Waals surface area contributed by atoms with Gasteiger partial charge in [0, 0.05) is 12.2 Å². The first-order chi connectivity index (χ1) is 7.79. The van der Waals surface area contributed by atoms with E-state index in [-0.39, 0.29) is 0 Å². The molecule has 0 radical (unpaired) electrons. The van der Waals surface area contributed by atoms with E-state index in [1.165, 1.54) is 24.8 Å². The van der Waals surface area contributed by atoms with Crippen LogP contribution < -0.4 is 11.1 Å². The second-order valence-electron chi connectivity index (χ2n) is 4.65. The summed E-state index contributed by atoms with van der Waals surface area (Å²) in [6, 6.07) is 4.67. The van der Waals surface area contributed by atoms with Crippen LogP contribution in [0, 0.1) is 5.92 Å². The first-order valence-corrected chi connectivity index (χ1v) is 6.23. The maximum Gasteiger partial charge on any atom is 0.123 e. The average molecular weight is 219 g/mol. The third-order valence-corrected chi connectivity index (χ3v) is 3.49. The van der Waals surface area contributed by atoms with Gasteiger partial charge in [0.05, 0.1) is 0 Å². The van der Waals surface area contributed by atoms with Gasteiger partial charge in [-0.15, -0.1) is 0 Å². The van der Waals surface area contributed by atoms with Crippen LogP contribution in [0.1, 0.15) is 31.7 Å². The molecule has 1 aromatic rings. The molecule has 1 aliphatic carbocycles. The number of hydrogen-bond acceptors (Lipinski definition) is 3. The monoisotopic (exact) mass is 219 g/mol. The average Bonchev–Trinajstić information content (AvgIpc) is 2.15. The van der Waals surface area contributed by atoms with E-state index in [4.69, 9.17) is 5.73 Å². The van der Waals surface area contributed by atoms with Crippen molar-refractivity contribution in [3.05, 3.63) is 23.9 Å². The second kappa shape index (κ2) is 5.30. The van der Waals surface area contributed by atoms with Crippen molar-refractivity contribution in [3.8, 4) is 0 Å². The number of pyridine rings is 1. The summed E-state index contributed by atoms with van der Waals surface area (Å²) in [6.07, 6.45) is 7.02. The highest BCUT2D eigenvalue weighted by Crippen LogP contribution is 2.31. The third kappa shape index (κ3) is 2.73. The Balaban J connectivity index is 1.98. The molecule has 1 heterocycles. The molecule has 0 spiro atoms. The van der Waals surface area contributed by atoms with Crippen molar-refractivity contribution >= 4 is 5.82 Å². The van der Waals surface area contributed by atoms with Crippen LogP contribution in [0.2, 0.25) is 0 Å². The molecule has 1 fully saturated rings. The van der Waals surface area contributed by atoms with E-state index in [1.807, 2.05) is 6.07 Å². The zero-order valence-corrected chi connectivity index (χ0v) is 9.95. The fourth-order valence-corrected chi connectivity index (χ4v) is 2.39. The van der Waals surface area contributed by atoms with Gasteiger partial charge in [0.1, 0.15) is 5.82 Å². The quantitative estimate of drug-likeness (QED) is 0.796. The number of rotatable bonds is 5. The highest BCUT2D eigenvalue weighted by molar-refractivity contribution is 5.32. The molecular formula is C13H21N3. The van der Waals surface area contributed by atoms with Gasteiger partial charge in [-0.3, -0.25) is 0 Å². The minimum absolute atomic E-state index is 0.612. The van der Waals surface area contributed by atoms with E-state index in [0.29, 0.717) is 11.9 Å². The summed E-state index contributed by atoms with van der Waals surface area (Å²) < 4.78 is 0. The summed E-state index contributed by atoms with van der Waals surface area (Å²) in [5, 5.41) is 3.59. The predicted molar refractivity (Wildman–Crippen MR) is 67.2 cm³/mol. The predicted octanol–water partition coefficient (Wildman–Crippen LogP) is 1.98. The summed E-state index contributed by atoms with van der Waals surface area (Å²) in [4.78, 5) is 4.03. The van der Waals surface area contributed by atoms with Crippen LogP contribution in [0.3, 0.4) is 0 Å². The number of nitrogen functional groups attached to an aromatic ring is 1. The number of hydrogen-bond donors (Lipinski definition) is 2. The molecule has 0 bridgehead atoms. The lowest BCUT2D eigenvalue weighted by molar-refractivity contribution is 0.229. The second-order valence-corrected chi connectivity index (χ2v) is 4.65. The van der Waals surface area contributed by atoms with Crippen LogP contribution in [-0.2, 0) is 6.42 Å². The molecule has 1 saturated carbocycles. The van der Waals surface area contributed by atoms with Crippen molar-refractivity contribution in [1.82, 2.24) is 10.3 Å². The van der Waals surface area contributed by atoms with Gasteiger partial charge in [-0.2, -0.15) is 0 Å². The summed E-state index contributed by atoms with van der Waals surface area (Å²) in [5.74, 6) is 1.48. The van der Waals surface area contributed by atoms with Gasteiger partial charge >= 0.3 is 0 Å². The van der Waals surface area contributed by atoms with E-state index in [2.05, 4.69) is 23.3 Å². The van der Waals surface area contributed by atoms with Crippen molar-refractivity contribution in [1.29, 1.82) is 0 Å². The van der Waals surface area contributed by atoms with Crippen LogP contribution in [0.25, 0.3) is 0 Å². The van der Waals surface area contributed by atoms with Gasteiger partial charge in [-0.05, 0) is 49.4 Å². The van der Waals surface area contributed by atoms with Crippen LogP contribution >= 0.6 is 0 Å². The Morgan fingerprint density at radius 2 is 2.38 bits per heavy atom. The normalized spacial score (nSPS) is 18.1. The summed E-state index contributed by atoms with van der Waals surface area (Å²) >= 11 is 0. The fraction of sp³-hybridized carbons (Fsp3) is 0.615. The summed E-state index contributed by atoms with van der Waals surface area (Å²) in [6.45, 7) is 3.22. The van der Waals surface area contributed by atoms with E-state index in [1.54, 1.807) is 6.20 Å². The zero-order chi connectivity index (χ0) is 11.4. The number of nitrogens with zero attached hydrogens (tertiary/aromatic N) is 1. The van der Waals surface area contributed by atoms with Gasteiger partial charge < -0.3 is 11.1 Å². The Morgan fingerprint density at radius 3 is 2.94 bits per heavy atom. The molecule has 1 atom stereocenters. The van der Waals surface area contributed by atoms with Crippen molar-refractivity contribution in [3.63, 3.8) is 0 Å². The molecule has 2 rings (SSSR count). The molecule has 16 heavy (non-hydrogen) atoms. The largest absolute Gasteiger partial charge is 0.384 e. The lowest BCUT2D eigenvalue weighted by atomic mass is 9.77. The summed E-state index contributed by atoms with van der Waals surface area (Å²) in [5.41, 5.74) is 7.00. The van der Waals surface area contributed by atoms with E-state index in [0.717, 1.165) is 18.9 Å². The Kier molecular flexibility index (Phi) is 3.78. The van der Waals surface area contributed by atoms with Crippen LogP contribution in [0.15, 0.2) is 18.3 Å². The Bertz CT molecular complexity index is 334. The van der Waals surface area contributed by atoms with Crippen molar-refractivity contribution in [2.75, 3.05) is 12.3 Å². The van der Waals surface area contributed by atoms with Gasteiger partial charge in [-0.1, -0.05) is 13.3 Å². The molecule has 3 heteroatoms. The molecular weight excluding hydrogens is 198 g/mol. The lowest BCUT2D eigenvalue weighted by Crippen LogP contribution is -2.41. The number of nitrogens with one attached hydrogen (secondary N) is 1. The highest BCUT2D eigenvalue weighted by atomic mass is 14.9. The number of nitrogens with two attached hydrogens (primary N) is 1. The molecule has 1 aromatic heterocycles. The van der Waals surface area contributed by atoms with Crippen molar-refractivity contribution in [2.45, 2.75) is 38.6 Å². The minimum atomic E-state index is 0.612. The van der Waals surface area contributed by atoms with Crippen molar-refractivity contribution < 1.29 is 0 Å². The highest BCUT2D eigenvalue weighted by Gasteiger charge is 2.26. The van der Waals surface area contributed by atoms with E-state index >= 15 is 0 Å². The zero-order valence-electron chi connectivity index (χ0n) is 9.95. The minimum Gasteiger partial charge on any atom is -0.384 e. The molecule has 0 aromatic carbocycles. The topological polar surface area (TPSA) is 50.9 Å². The SMILES string of the molecule is CCNC(Cc1ccnc(N)c1)C1CCC1. The molecule has 88 valence electrons. The molecule has 1 unspecified atom stereocenters. The van der Waals surface area contributed by atoms with Crippen LogP contribution in [-0.4, -0.2) is 17.6 Å². The van der Waals surface area contributed by atoms with Gasteiger partial charge in [0.2, 0.25) is 0 Å². The standard InChI is InChI=1S/C13H21N3/c1-2-15-12(11-4-3-5-11)8-10-6-7-16-13(14)9-10/h6-7,9,11-12,15H,2-5,8H2,1H3,(H2,14,16).